The van der Waals surface area contributed by atoms with Crippen LogP contribution in [0.2, 0.25) is 0 Å². The van der Waals surface area contributed by atoms with Gasteiger partial charge in [-0.3, -0.25) is 0 Å². The third kappa shape index (κ3) is 42.9. The zero-order chi connectivity index (χ0) is 0. The zero-order valence-corrected chi connectivity index (χ0v) is 11.6. The monoisotopic (exact) mass is 430 g/mol. The smallest absolute Gasteiger partial charge is 3.00 e. The molecule has 0 fully saturated rings. The first kappa shape index (κ1) is 75.6. The predicted molar refractivity (Wildman–Crippen MR) is 27.7 cm³/mol. The van der Waals surface area contributed by atoms with Crippen LogP contribution >= 0.6 is 39.6 Å². The van der Waals surface area contributed by atoms with E-state index in [2.05, 4.69) is 0 Å². The fourth-order valence-electron chi connectivity index (χ4n) is 0. The van der Waals surface area contributed by atoms with Crippen LogP contribution in [-0.2, 0) is 58.4 Å². The van der Waals surface area contributed by atoms with Crippen molar-refractivity contribution < 1.29 is 58.4 Å². The first-order chi connectivity index (χ1) is 0. The van der Waals surface area contributed by atoms with Gasteiger partial charge in [-0.15, -0.1) is 0 Å². The number of hydrogen-bond acceptors (Lipinski definition) is 0. The van der Waals surface area contributed by atoms with Crippen molar-refractivity contribution in [3.05, 3.63) is 0 Å². The molecule has 7 heavy (non-hydrogen) atoms. The van der Waals surface area contributed by atoms with Gasteiger partial charge >= 0.3 is 58.4 Å². The third-order valence-electron chi connectivity index (χ3n) is 0. The maximum Gasteiger partial charge on any atom is 4.00 e. The summed E-state index contributed by atoms with van der Waals surface area (Å²) in [7, 11) is 0. The molecular weight excluding hydrogens is 427 g/mol. The van der Waals surface area contributed by atoms with E-state index in [0.717, 1.165) is 0 Å². The zero-order valence-electron chi connectivity index (χ0n) is 2.85. The summed E-state index contributed by atoms with van der Waals surface area (Å²) in [5.41, 5.74) is 0. The third-order valence-corrected chi connectivity index (χ3v) is 0. The summed E-state index contributed by atoms with van der Waals surface area (Å²) in [6.07, 6.45) is 0. The summed E-state index contributed by atoms with van der Waals surface area (Å²) in [6, 6.07) is 0. The molecule has 0 atom stereocenters. The Kier molecular flexibility index (Phi) is 593. The van der Waals surface area contributed by atoms with Crippen LogP contribution in [0.1, 0.15) is 0 Å². The van der Waals surface area contributed by atoms with Crippen LogP contribution in [0.25, 0.3) is 0 Å². The topological polar surface area (TPSA) is 0 Å². The molecule has 0 nitrogen and oxygen atoms in total. The maximum absolute atomic E-state index is 0. The largest absolute Gasteiger partial charge is 4.00 e. The van der Waals surface area contributed by atoms with Gasteiger partial charge in [-0.05, 0) is 0 Å². The van der Waals surface area contributed by atoms with Crippen LogP contribution in [0.3, 0.4) is 0 Å². The molecular formula is P4Ru3. The van der Waals surface area contributed by atoms with Gasteiger partial charge in [0, 0.05) is 0 Å². The Morgan fingerprint density at radius 2 is 0.286 bits per heavy atom. The second kappa shape index (κ2) is 54.9. The van der Waals surface area contributed by atoms with Crippen molar-refractivity contribution in [3.8, 4) is 0 Å². The van der Waals surface area contributed by atoms with Crippen LogP contribution in [0, 0.1) is 0 Å². The van der Waals surface area contributed by atoms with E-state index in [-0.39, 0.29) is 98.0 Å². The second-order valence-electron chi connectivity index (χ2n) is 0. The van der Waals surface area contributed by atoms with Crippen molar-refractivity contribution in [1.82, 2.24) is 0 Å². The summed E-state index contributed by atoms with van der Waals surface area (Å²) in [5.74, 6) is 0. The summed E-state index contributed by atoms with van der Waals surface area (Å²) >= 11 is 0. The Morgan fingerprint density at radius 3 is 0.286 bits per heavy atom. The van der Waals surface area contributed by atoms with Crippen LogP contribution in [-0.4, -0.2) is 0 Å². The molecule has 0 aliphatic carbocycles. The van der Waals surface area contributed by atoms with Gasteiger partial charge < -0.3 is 39.6 Å². The molecule has 0 aromatic carbocycles. The summed E-state index contributed by atoms with van der Waals surface area (Å²) in [4.78, 5) is 0. The van der Waals surface area contributed by atoms with Gasteiger partial charge in [0.2, 0.25) is 0 Å². The number of rotatable bonds is 0. The normalized spacial score (nSPS) is 0. The standard InChI is InChI=1S/4P.3Ru/q4*-3;3*+4. The average molecular weight is 427 g/mol. The van der Waals surface area contributed by atoms with E-state index in [9.17, 15) is 0 Å². The molecule has 0 aromatic heterocycles. The Labute approximate surface area is 97.0 Å². The second-order valence-corrected chi connectivity index (χ2v) is 0. The first-order valence-corrected chi connectivity index (χ1v) is 0. The minimum atomic E-state index is 0. The van der Waals surface area contributed by atoms with Crippen LogP contribution < -0.4 is 0 Å². The summed E-state index contributed by atoms with van der Waals surface area (Å²) < 4.78 is 0. The molecule has 0 amide bonds. The van der Waals surface area contributed by atoms with Crippen molar-refractivity contribution in [2.45, 2.75) is 0 Å². The molecule has 0 bridgehead atoms. The van der Waals surface area contributed by atoms with Crippen molar-refractivity contribution >= 4 is 39.6 Å². The van der Waals surface area contributed by atoms with Crippen molar-refractivity contribution in [2.75, 3.05) is 0 Å². The maximum atomic E-state index is 0. The SMILES string of the molecule is [P-3].[P-3].[P-3].[P-3].[Ru+4].[Ru+4].[Ru+4]. The Hall–Kier alpha value is 3.59. The quantitative estimate of drug-likeness (QED) is 0.411. The van der Waals surface area contributed by atoms with Crippen molar-refractivity contribution in [2.24, 2.45) is 0 Å². The van der Waals surface area contributed by atoms with Gasteiger partial charge in [0.15, 0.2) is 0 Å². The Bertz CT molecular complexity index is 6.90. The fraction of sp³-hybridized carbons (Fsp3) is 0. The van der Waals surface area contributed by atoms with E-state index in [0.29, 0.717) is 0 Å². The fourth-order valence-corrected chi connectivity index (χ4v) is 0. The molecule has 0 spiro atoms. The van der Waals surface area contributed by atoms with E-state index >= 15 is 0 Å². The molecule has 0 saturated carbocycles. The molecule has 0 N–H and O–H groups in total. The van der Waals surface area contributed by atoms with E-state index < -0.39 is 0 Å². The van der Waals surface area contributed by atoms with Gasteiger partial charge in [-0.25, -0.2) is 0 Å². The van der Waals surface area contributed by atoms with Crippen LogP contribution in [0.5, 0.6) is 0 Å². The molecule has 0 radical (unpaired) electrons. The van der Waals surface area contributed by atoms with E-state index in [4.69, 9.17) is 0 Å². The van der Waals surface area contributed by atoms with Crippen molar-refractivity contribution in [1.29, 1.82) is 0 Å². The minimum absolute atomic E-state index is 0. The average Bonchev–Trinajstić information content (AvgIpc) is 0. The molecule has 0 saturated heterocycles. The predicted octanol–water partition coefficient (Wildman–Crippen LogP) is 3.44. The summed E-state index contributed by atoms with van der Waals surface area (Å²) in [5, 5.41) is 0. The molecule has 0 unspecified atom stereocenters. The van der Waals surface area contributed by atoms with E-state index in [1.54, 1.807) is 0 Å². The van der Waals surface area contributed by atoms with Gasteiger partial charge in [0.05, 0.1) is 0 Å². The van der Waals surface area contributed by atoms with Gasteiger partial charge in [0.25, 0.3) is 0 Å². The molecule has 0 heterocycles. The van der Waals surface area contributed by atoms with Gasteiger partial charge in [-0.1, -0.05) is 0 Å². The minimum Gasteiger partial charge on any atom is -3.00 e. The van der Waals surface area contributed by atoms with E-state index in [1.165, 1.54) is 0 Å². The Morgan fingerprint density at radius 1 is 0.286 bits per heavy atom. The molecule has 0 aliphatic heterocycles. The van der Waals surface area contributed by atoms with Crippen LogP contribution in [0.15, 0.2) is 0 Å². The molecule has 0 rings (SSSR count). The molecule has 44 valence electrons. The van der Waals surface area contributed by atoms with Gasteiger partial charge in [-0.2, -0.15) is 0 Å². The summed E-state index contributed by atoms with van der Waals surface area (Å²) in [6.45, 7) is 0. The Balaban J connectivity index is 0. The molecule has 0 aromatic rings. The van der Waals surface area contributed by atoms with E-state index in [1.807, 2.05) is 0 Å². The van der Waals surface area contributed by atoms with Crippen LogP contribution in [0.4, 0.5) is 0 Å². The molecule has 0 aliphatic rings. The first-order valence-electron chi connectivity index (χ1n) is 0. The van der Waals surface area contributed by atoms with Gasteiger partial charge in [0.1, 0.15) is 0 Å². The van der Waals surface area contributed by atoms with Crippen molar-refractivity contribution in [3.63, 3.8) is 0 Å². The number of hydrogen-bond donors (Lipinski definition) is 0. The molecule has 7 heteroatoms.